The number of carboxylic acid groups (broad SMARTS) is 1. The van der Waals surface area contributed by atoms with Crippen LogP contribution in [0, 0.1) is 0 Å². The summed E-state index contributed by atoms with van der Waals surface area (Å²) in [6.07, 6.45) is -2.20. The number of rotatable bonds is 6. The van der Waals surface area contributed by atoms with E-state index in [2.05, 4.69) is 5.32 Å². The van der Waals surface area contributed by atoms with Crippen LogP contribution >= 0.6 is 0 Å². The molecular weight excluding hydrogens is 232 g/mol. The lowest BCUT2D eigenvalue weighted by Crippen LogP contribution is -2.37. The van der Waals surface area contributed by atoms with Gasteiger partial charge in [-0.2, -0.15) is 0 Å². The van der Waals surface area contributed by atoms with Gasteiger partial charge in [-0.25, -0.2) is 13.6 Å². The molecule has 0 aliphatic heterocycles. The van der Waals surface area contributed by atoms with Gasteiger partial charge in [0.2, 0.25) is 6.41 Å². The quantitative estimate of drug-likeness (QED) is 0.741. The van der Waals surface area contributed by atoms with Crippen LogP contribution in [0.5, 0.6) is 0 Å². The van der Waals surface area contributed by atoms with Gasteiger partial charge in [0.1, 0.15) is 6.04 Å². The molecule has 1 amide bonds. The Morgan fingerprint density at radius 3 is 2.35 bits per heavy atom. The zero-order valence-corrected chi connectivity index (χ0v) is 8.77. The normalized spacial score (nSPS) is 12.2. The number of hydrogen-bond acceptors (Lipinski definition) is 2. The number of amides is 1. The topological polar surface area (TPSA) is 66.4 Å². The van der Waals surface area contributed by atoms with E-state index in [-0.39, 0.29) is 12.0 Å². The van der Waals surface area contributed by atoms with E-state index in [1.807, 2.05) is 0 Å². The summed E-state index contributed by atoms with van der Waals surface area (Å²) in [6, 6.07) is 4.26. The summed E-state index contributed by atoms with van der Waals surface area (Å²) in [5, 5.41) is 10.9. The molecule has 0 aliphatic rings. The second-order valence-corrected chi connectivity index (χ2v) is 3.42. The molecule has 2 N–H and O–H groups in total. The SMILES string of the molecule is O=CNC(Cc1ccc(C(F)F)cc1)C(=O)O. The Hall–Kier alpha value is -1.98. The Morgan fingerprint density at radius 1 is 1.35 bits per heavy atom. The minimum atomic E-state index is -2.55. The van der Waals surface area contributed by atoms with Gasteiger partial charge in [-0.15, -0.1) is 0 Å². The van der Waals surface area contributed by atoms with Crippen molar-refractivity contribution in [2.45, 2.75) is 18.9 Å². The van der Waals surface area contributed by atoms with Gasteiger partial charge in [-0.3, -0.25) is 4.79 Å². The second-order valence-electron chi connectivity index (χ2n) is 3.42. The first-order chi connectivity index (χ1) is 8.04. The third-order valence-corrected chi connectivity index (χ3v) is 2.24. The van der Waals surface area contributed by atoms with Crippen molar-refractivity contribution in [3.63, 3.8) is 0 Å². The Labute approximate surface area is 96.3 Å². The van der Waals surface area contributed by atoms with Crippen molar-refractivity contribution in [2.24, 2.45) is 0 Å². The number of carbonyl (C=O) groups is 2. The molecule has 1 unspecified atom stereocenters. The Kier molecular flexibility index (Phi) is 4.56. The van der Waals surface area contributed by atoms with E-state index in [9.17, 15) is 18.4 Å². The average Bonchev–Trinajstić information content (AvgIpc) is 2.29. The van der Waals surface area contributed by atoms with E-state index in [0.29, 0.717) is 12.0 Å². The molecule has 0 saturated carbocycles. The molecule has 0 spiro atoms. The van der Waals surface area contributed by atoms with Crippen molar-refractivity contribution < 1.29 is 23.5 Å². The largest absolute Gasteiger partial charge is 0.480 e. The molecule has 1 atom stereocenters. The van der Waals surface area contributed by atoms with Crippen molar-refractivity contribution >= 4 is 12.4 Å². The molecule has 4 nitrogen and oxygen atoms in total. The third kappa shape index (κ3) is 3.82. The second kappa shape index (κ2) is 5.93. The summed E-state index contributed by atoms with van der Waals surface area (Å²) in [5.41, 5.74) is 0.445. The fraction of sp³-hybridized carbons (Fsp3) is 0.273. The molecule has 92 valence electrons. The molecule has 0 radical (unpaired) electrons. The molecule has 6 heteroatoms. The van der Waals surface area contributed by atoms with Crippen LogP contribution in [0.4, 0.5) is 8.78 Å². The lowest BCUT2D eigenvalue weighted by atomic mass is 10.0. The fourth-order valence-electron chi connectivity index (χ4n) is 1.33. The van der Waals surface area contributed by atoms with Gasteiger partial charge in [0.25, 0.3) is 6.43 Å². The maximum atomic E-state index is 12.3. The molecule has 1 rings (SSSR count). The van der Waals surface area contributed by atoms with E-state index in [1.54, 1.807) is 0 Å². The highest BCUT2D eigenvalue weighted by Crippen LogP contribution is 2.19. The molecule has 0 bridgehead atoms. The van der Waals surface area contributed by atoms with Crippen LogP contribution in [-0.4, -0.2) is 23.5 Å². The monoisotopic (exact) mass is 243 g/mol. The molecule has 1 aromatic carbocycles. The van der Waals surface area contributed by atoms with E-state index in [0.717, 1.165) is 0 Å². The number of nitrogens with one attached hydrogen (secondary N) is 1. The summed E-state index contributed by atoms with van der Waals surface area (Å²) in [6.45, 7) is 0. The van der Waals surface area contributed by atoms with Gasteiger partial charge in [-0.1, -0.05) is 24.3 Å². The number of carboxylic acids is 1. The maximum absolute atomic E-state index is 12.3. The Morgan fingerprint density at radius 2 is 1.94 bits per heavy atom. The summed E-state index contributed by atoms with van der Waals surface area (Å²) < 4.78 is 24.5. The van der Waals surface area contributed by atoms with E-state index < -0.39 is 18.4 Å². The lowest BCUT2D eigenvalue weighted by Gasteiger charge is -2.11. The van der Waals surface area contributed by atoms with Crippen LogP contribution in [0.1, 0.15) is 17.6 Å². The minimum absolute atomic E-state index is 0.0532. The van der Waals surface area contributed by atoms with Gasteiger partial charge in [0, 0.05) is 12.0 Å². The predicted molar refractivity (Wildman–Crippen MR) is 55.7 cm³/mol. The van der Waals surface area contributed by atoms with Crippen LogP contribution in [0.3, 0.4) is 0 Å². The third-order valence-electron chi connectivity index (χ3n) is 2.24. The molecule has 0 fully saturated rings. The van der Waals surface area contributed by atoms with Gasteiger partial charge in [0.15, 0.2) is 0 Å². The number of halogens is 2. The molecule has 0 aliphatic carbocycles. The Bertz CT molecular complexity index is 392. The van der Waals surface area contributed by atoms with Crippen LogP contribution in [0.2, 0.25) is 0 Å². The number of hydrogen-bond donors (Lipinski definition) is 2. The molecule has 1 aromatic rings. The molecule has 0 aromatic heterocycles. The van der Waals surface area contributed by atoms with Gasteiger partial charge in [0.05, 0.1) is 0 Å². The maximum Gasteiger partial charge on any atom is 0.326 e. The summed E-state index contributed by atoms with van der Waals surface area (Å²) >= 11 is 0. The predicted octanol–water partition coefficient (Wildman–Crippen LogP) is 1.37. The average molecular weight is 243 g/mol. The number of carbonyl (C=O) groups excluding carboxylic acids is 1. The van der Waals surface area contributed by atoms with Crippen LogP contribution in [0.25, 0.3) is 0 Å². The first kappa shape index (κ1) is 13.1. The molecule has 0 heterocycles. The number of benzene rings is 1. The number of aliphatic carboxylic acids is 1. The van der Waals surface area contributed by atoms with E-state index in [1.165, 1.54) is 24.3 Å². The first-order valence-electron chi connectivity index (χ1n) is 4.84. The Balaban J connectivity index is 2.73. The lowest BCUT2D eigenvalue weighted by molar-refractivity contribution is -0.140. The van der Waals surface area contributed by atoms with Crippen molar-refractivity contribution in [2.75, 3.05) is 0 Å². The molecule has 0 saturated heterocycles. The van der Waals surface area contributed by atoms with Crippen LogP contribution in [-0.2, 0) is 16.0 Å². The van der Waals surface area contributed by atoms with Crippen LogP contribution < -0.4 is 5.32 Å². The highest BCUT2D eigenvalue weighted by molar-refractivity contribution is 5.76. The molecule has 17 heavy (non-hydrogen) atoms. The zero-order valence-electron chi connectivity index (χ0n) is 8.77. The van der Waals surface area contributed by atoms with Gasteiger partial charge in [-0.05, 0) is 5.56 Å². The van der Waals surface area contributed by atoms with Gasteiger partial charge >= 0.3 is 5.97 Å². The fourth-order valence-corrected chi connectivity index (χ4v) is 1.33. The summed E-state index contributed by atoms with van der Waals surface area (Å²) in [4.78, 5) is 20.9. The van der Waals surface area contributed by atoms with Crippen molar-refractivity contribution in [3.8, 4) is 0 Å². The van der Waals surface area contributed by atoms with Gasteiger partial charge < -0.3 is 10.4 Å². The van der Waals surface area contributed by atoms with E-state index >= 15 is 0 Å². The van der Waals surface area contributed by atoms with Crippen molar-refractivity contribution in [1.29, 1.82) is 0 Å². The first-order valence-corrected chi connectivity index (χ1v) is 4.84. The zero-order chi connectivity index (χ0) is 12.8. The summed E-state index contributed by atoms with van der Waals surface area (Å²) in [5.74, 6) is -1.17. The van der Waals surface area contributed by atoms with Crippen molar-refractivity contribution in [3.05, 3.63) is 35.4 Å². The summed E-state index contributed by atoms with van der Waals surface area (Å²) in [7, 11) is 0. The number of alkyl halides is 2. The molecular formula is C11H11F2NO3. The highest BCUT2D eigenvalue weighted by Gasteiger charge is 2.16. The van der Waals surface area contributed by atoms with Crippen molar-refractivity contribution in [1.82, 2.24) is 5.32 Å². The highest BCUT2D eigenvalue weighted by atomic mass is 19.3. The smallest absolute Gasteiger partial charge is 0.326 e. The minimum Gasteiger partial charge on any atom is -0.480 e. The standard InChI is InChI=1S/C11H11F2NO3/c12-10(13)8-3-1-7(2-4-8)5-9(11(16)17)14-6-15/h1-4,6,9-10H,5H2,(H,14,15)(H,16,17). The van der Waals surface area contributed by atoms with Crippen LogP contribution in [0.15, 0.2) is 24.3 Å². The van der Waals surface area contributed by atoms with E-state index in [4.69, 9.17) is 5.11 Å².